The highest BCUT2D eigenvalue weighted by atomic mass is 16.6. The van der Waals surface area contributed by atoms with Crippen molar-refractivity contribution >= 4 is 17.8 Å². The zero-order chi connectivity index (χ0) is 26.7. The largest absolute Gasteiger partial charge is 0.448 e. The Balaban J connectivity index is 1.28. The Morgan fingerprint density at radius 1 is 1.03 bits per heavy atom. The van der Waals surface area contributed by atoms with E-state index in [1.54, 1.807) is 0 Å². The number of ether oxygens (including phenoxy) is 1. The lowest BCUT2D eigenvalue weighted by Crippen LogP contribution is -2.39. The molecule has 3 N–H and O–H groups in total. The predicted molar refractivity (Wildman–Crippen MR) is 149 cm³/mol. The summed E-state index contributed by atoms with van der Waals surface area (Å²) in [5, 5.41) is 3.03. The number of cyclic esters (lactones) is 1. The molecule has 1 saturated heterocycles. The first-order valence-electron chi connectivity index (χ1n) is 13.5. The molecule has 1 saturated carbocycles. The van der Waals surface area contributed by atoms with Gasteiger partial charge in [-0.1, -0.05) is 54.6 Å². The highest BCUT2D eigenvalue weighted by Gasteiger charge is 2.33. The lowest BCUT2D eigenvalue weighted by atomic mass is 9.83. The highest BCUT2D eigenvalue weighted by molar-refractivity contribution is 5.92. The number of pyridine rings is 1. The zero-order valence-corrected chi connectivity index (χ0v) is 22.2. The molecule has 0 unspecified atom stereocenters. The number of nitrogens with zero attached hydrogens (tertiary/aromatic N) is 2. The first-order chi connectivity index (χ1) is 18.3. The minimum Gasteiger partial charge on any atom is -0.448 e. The van der Waals surface area contributed by atoms with Crippen LogP contribution in [0.25, 0.3) is 22.3 Å². The lowest BCUT2D eigenvalue weighted by molar-refractivity contribution is -0.117. The molecular formula is C31H36N4O3. The summed E-state index contributed by atoms with van der Waals surface area (Å²) < 4.78 is 5.08. The van der Waals surface area contributed by atoms with Gasteiger partial charge >= 0.3 is 6.09 Å². The van der Waals surface area contributed by atoms with E-state index in [2.05, 4.69) is 46.7 Å². The van der Waals surface area contributed by atoms with Gasteiger partial charge in [-0.25, -0.2) is 9.78 Å². The Morgan fingerprint density at radius 3 is 2.34 bits per heavy atom. The van der Waals surface area contributed by atoms with E-state index in [1.165, 1.54) is 0 Å². The van der Waals surface area contributed by atoms with Gasteiger partial charge in [0.2, 0.25) is 5.91 Å². The molecule has 38 heavy (non-hydrogen) atoms. The van der Waals surface area contributed by atoms with E-state index >= 15 is 0 Å². The second kappa shape index (κ2) is 11.0. The molecule has 2 amide bonds. The summed E-state index contributed by atoms with van der Waals surface area (Å²) in [7, 11) is 0. The normalized spacial score (nSPS) is 19.8. The van der Waals surface area contributed by atoms with E-state index in [0.717, 1.165) is 53.5 Å². The molecule has 198 valence electrons. The van der Waals surface area contributed by atoms with Crippen molar-refractivity contribution in [3.8, 4) is 22.3 Å². The second-order valence-corrected chi connectivity index (χ2v) is 11.0. The summed E-state index contributed by atoms with van der Waals surface area (Å²) in [4.78, 5) is 31.3. The SMILES string of the molecule is CC(C)(N)c1ccc(-c2cnc(NC(=O)CC3CCC(N4CCOC4=O)CC3)cc2-c2ccccc2)cc1. The molecule has 2 fully saturated rings. The Bertz CT molecular complexity index is 1280. The number of aromatic nitrogens is 1. The first kappa shape index (κ1) is 25.9. The van der Waals surface area contributed by atoms with Gasteiger partial charge < -0.3 is 20.7 Å². The average Bonchev–Trinajstić information content (AvgIpc) is 3.35. The number of hydrogen-bond acceptors (Lipinski definition) is 5. The Morgan fingerprint density at radius 2 is 1.71 bits per heavy atom. The van der Waals surface area contributed by atoms with Crippen LogP contribution >= 0.6 is 0 Å². The highest BCUT2D eigenvalue weighted by Crippen LogP contribution is 2.35. The monoisotopic (exact) mass is 512 g/mol. The van der Waals surface area contributed by atoms with Crippen molar-refractivity contribution in [3.05, 3.63) is 72.4 Å². The Labute approximate surface area is 224 Å². The van der Waals surface area contributed by atoms with E-state index in [4.69, 9.17) is 10.5 Å². The standard InChI is InChI=1S/C31H36N4O3/c1-31(2,32)24-12-10-23(11-13-24)27-20-33-28(19-26(27)22-6-4-3-5-7-22)34-29(36)18-21-8-14-25(15-9-21)35-16-17-38-30(35)37/h3-7,10-13,19-21,25H,8-9,14-18,32H2,1-2H3,(H,33,34,36). The second-order valence-electron chi connectivity index (χ2n) is 11.0. The van der Waals surface area contributed by atoms with Crippen molar-refractivity contribution in [2.45, 2.75) is 57.5 Å². The minimum absolute atomic E-state index is 0.0252. The van der Waals surface area contributed by atoms with Crippen molar-refractivity contribution in [3.63, 3.8) is 0 Å². The molecule has 0 radical (unpaired) electrons. The van der Waals surface area contributed by atoms with E-state index in [-0.39, 0.29) is 18.0 Å². The van der Waals surface area contributed by atoms with Gasteiger partial charge in [0, 0.05) is 29.8 Å². The molecule has 3 aromatic rings. The maximum atomic E-state index is 13.0. The van der Waals surface area contributed by atoms with Crippen molar-refractivity contribution in [1.82, 2.24) is 9.88 Å². The van der Waals surface area contributed by atoms with E-state index in [0.29, 0.717) is 31.3 Å². The third-order valence-corrected chi connectivity index (χ3v) is 7.72. The molecule has 0 spiro atoms. The van der Waals surface area contributed by atoms with Gasteiger partial charge in [-0.15, -0.1) is 0 Å². The number of anilines is 1. The molecule has 5 rings (SSSR count). The molecule has 0 atom stereocenters. The maximum Gasteiger partial charge on any atom is 0.410 e. The van der Waals surface area contributed by atoms with Gasteiger partial charge in [-0.05, 0) is 73.8 Å². The summed E-state index contributed by atoms with van der Waals surface area (Å²) in [6.45, 7) is 5.14. The number of benzene rings is 2. The Kier molecular flexibility index (Phi) is 7.47. The fourth-order valence-electron chi connectivity index (χ4n) is 5.54. The lowest BCUT2D eigenvalue weighted by Gasteiger charge is -2.32. The number of rotatable bonds is 7. The van der Waals surface area contributed by atoms with Crippen molar-refractivity contribution < 1.29 is 14.3 Å². The van der Waals surface area contributed by atoms with Crippen LogP contribution < -0.4 is 11.1 Å². The van der Waals surface area contributed by atoms with Crippen molar-refractivity contribution in [2.75, 3.05) is 18.5 Å². The van der Waals surface area contributed by atoms with Crippen LogP contribution in [-0.2, 0) is 15.1 Å². The van der Waals surface area contributed by atoms with E-state index in [9.17, 15) is 9.59 Å². The van der Waals surface area contributed by atoms with Crippen LogP contribution in [-0.4, -0.2) is 41.1 Å². The first-order valence-corrected chi connectivity index (χ1v) is 13.5. The van der Waals surface area contributed by atoms with Gasteiger partial charge in [-0.2, -0.15) is 0 Å². The third-order valence-electron chi connectivity index (χ3n) is 7.72. The molecule has 1 aromatic heterocycles. The van der Waals surface area contributed by atoms with Gasteiger partial charge in [-0.3, -0.25) is 4.79 Å². The predicted octanol–water partition coefficient (Wildman–Crippen LogP) is 5.95. The van der Waals surface area contributed by atoms with Gasteiger partial charge in [0.25, 0.3) is 0 Å². The number of carbonyl (C=O) groups excluding carboxylic acids is 2. The zero-order valence-electron chi connectivity index (χ0n) is 22.2. The number of nitrogens with one attached hydrogen (secondary N) is 1. The topological polar surface area (TPSA) is 97.5 Å². The maximum absolute atomic E-state index is 13.0. The molecule has 0 bridgehead atoms. The summed E-state index contributed by atoms with van der Waals surface area (Å²) in [6, 6.07) is 20.6. The van der Waals surface area contributed by atoms with Crippen LogP contribution in [0.15, 0.2) is 66.9 Å². The summed E-state index contributed by atoms with van der Waals surface area (Å²) in [6.07, 6.45) is 5.78. The van der Waals surface area contributed by atoms with Gasteiger partial charge in [0.05, 0.1) is 6.54 Å². The number of amides is 2. The quantitative estimate of drug-likeness (QED) is 0.408. The molecule has 7 heteroatoms. The summed E-state index contributed by atoms with van der Waals surface area (Å²) in [5.74, 6) is 0.830. The van der Waals surface area contributed by atoms with Crippen molar-refractivity contribution in [2.24, 2.45) is 11.7 Å². The molecule has 2 aromatic carbocycles. The third kappa shape index (κ3) is 5.89. The van der Waals surface area contributed by atoms with Crippen molar-refractivity contribution in [1.29, 1.82) is 0 Å². The fourth-order valence-corrected chi connectivity index (χ4v) is 5.54. The molecule has 2 aliphatic rings. The fraction of sp³-hybridized carbons (Fsp3) is 0.387. The minimum atomic E-state index is -0.410. The van der Waals surface area contributed by atoms with Crippen LogP contribution in [0.4, 0.5) is 10.6 Å². The van der Waals surface area contributed by atoms with Crippen LogP contribution in [0.5, 0.6) is 0 Å². The van der Waals surface area contributed by atoms with Gasteiger partial charge in [0.15, 0.2) is 0 Å². The molecule has 1 aliphatic heterocycles. The van der Waals surface area contributed by atoms with E-state index < -0.39 is 5.54 Å². The Hall–Kier alpha value is -3.71. The molecule has 2 heterocycles. The average molecular weight is 513 g/mol. The number of carbonyl (C=O) groups is 2. The van der Waals surface area contributed by atoms with Crippen LogP contribution in [0, 0.1) is 5.92 Å². The van der Waals surface area contributed by atoms with Crippen LogP contribution in [0.3, 0.4) is 0 Å². The molecule has 1 aliphatic carbocycles. The van der Waals surface area contributed by atoms with E-state index in [1.807, 2.05) is 49.2 Å². The van der Waals surface area contributed by atoms with Crippen LogP contribution in [0.1, 0.15) is 51.5 Å². The number of hydrogen-bond donors (Lipinski definition) is 2. The van der Waals surface area contributed by atoms with Gasteiger partial charge in [0.1, 0.15) is 12.4 Å². The van der Waals surface area contributed by atoms with Crippen LogP contribution in [0.2, 0.25) is 0 Å². The summed E-state index contributed by atoms with van der Waals surface area (Å²) >= 11 is 0. The molecular weight excluding hydrogens is 476 g/mol. The summed E-state index contributed by atoms with van der Waals surface area (Å²) in [5.41, 5.74) is 11.0. The smallest absolute Gasteiger partial charge is 0.410 e. The molecule has 7 nitrogen and oxygen atoms in total. The number of nitrogens with two attached hydrogens (primary N) is 1.